The number of halogens is 4. The molecule has 1 fully saturated rings. The highest BCUT2D eigenvalue weighted by Crippen LogP contribution is 2.39. The topological polar surface area (TPSA) is 76.3 Å². The summed E-state index contributed by atoms with van der Waals surface area (Å²) in [6.45, 7) is -0.263. The number of amides is 3. The van der Waals surface area contributed by atoms with Crippen molar-refractivity contribution in [2.24, 2.45) is 5.73 Å². The number of alkyl halides is 3. The maximum Gasteiger partial charge on any atom is 0.426 e. The molecule has 6 nitrogen and oxygen atoms in total. The highest BCUT2D eigenvalue weighted by atomic mass is 35.5. The minimum Gasteiger partial charge on any atom is -0.368 e. The first-order valence-electron chi connectivity index (χ1n) is 8.28. The number of nitrogens with zero attached hydrogens (tertiary/aromatic N) is 3. The van der Waals surface area contributed by atoms with E-state index in [1.54, 1.807) is 18.2 Å². The van der Waals surface area contributed by atoms with Crippen molar-refractivity contribution in [2.45, 2.75) is 18.8 Å². The molecule has 0 spiro atoms. The van der Waals surface area contributed by atoms with Crippen molar-refractivity contribution >= 4 is 29.4 Å². The fraction of sp³-hybridized carbons (Fsp3) is 0.278. The minimum absolute atomic E-state index is 0.0613. The third-order valence-electron chi connectivity index (χ3n) is 4.86. The molecule has 2 unspecified atom stereocenters. The molecule has 0 radical (unpaired) electrons. The number of aromatic nitrogens is 1. The minimum atomic E-state index is -4.63. The largest absolute Gasteiger partial charge is 0.426 e. The summed E-state index contributed by atoms with van der Waals surface area (Å²) < 4.78 is 39.2. The molecular weight excluding hydrogens is 397 g/mol. The molecule has 3 amide bonds. The van der Waals surface area contributed by atoms with Crippen LogP contribution in [0.4, 0.5) is 23.8 Å². The second kappa shape index (κ2) is 7.06. The number of hydrogen-bond donors (Lipinski definition) is 1. The molecule has 2 atom stereocenters. The Morgan fingerprint density at radius 3 is 2.57 bits per heavy atom. The number of nitrogens with two attached hydrogens (primary N) is 1. The maximum atomic E-state index is 13.2. The van der Waals surface area contributed by atoms with Crippen LogP contribution in [0.5, 0.6) is 0 Å². The van der Waals surface area contributed by atoms with Crippen LogP contribution in [0.25, 0.3) is 0 Å². The lowest BCUT2D eigenvalue weighted by Gasteiger charge is -2.29. The summed E-state index contributed by atoms with van der Waals surface area (Å²) in [6.07, 6.45) is -3.17. The van der Waals surface area contributed by atoms with Crippen molar-refractivity contribution < 1.29 is 22.8 Å². The van der Waals surface area contributed by atoms with Crippen LogP contribution < -0.4 is 10.2 Å². The van der Waals surface area contributed by atoms with E-state index in [0.717, 1.165) is 6.07 Å². The highest BCUT2D eigenvalue weighted by molar-refractivity contribution is 6.32. The molecule has 0 saturated carbocycles. The number of quaternary nitrogens is 1. The predicted molar refractivity (Wildman–Crippen MR) is 97.2 cm³/mol. The molecule has 2 aromatic rings. The van der Waals surface area contributed by atoms with Crippen LogP contribution in [-0.4, -0.2) is 41.5 Å². The van der Waals surface area contributed by atoms with Crippen LogP contribution in [0, 0.1) is 0 Å². The fourth-order valence-electron chi connectivity index (χ4n) is 3.44. The number of benzene rings is 1. The third-order valence-corrected chi connectivity index (χ3v) is 5.31. The third kappa shape index (κ3) is 3.31. The quantitative estimate of drug-likeness (QED) is 0.782. The Hall–Kier alpha value is -2.65. The van der Waals surface area contributed by atoms with Crippen molar-refractivity contribution in [2.75, 3.05) is 13.6 Å². The summed E-state index contributed by atoms with van der Waals surface area (Å²) >= 11 is 6.04. The number of pyridine rings is 1. The molecule has 148 valence electrons. The number of urea groups is 1. The molecule has 1 aliphatic rings. The Morgan fingerprint density at radius 2 is 2.04 bits per heavy atom. The summed E-state index contributed by atoms with van der Waals surface area (Å²) in [6, 6.07) is 6.99. The van der Waals surface area contributed by atoms with E-state index < -0.39 is 39.2 Å². The Bertz CT molecular complexity index is 923. The van der Waals surface area contributed by atoms with Crippen molar-refractivity contribution in [3.8, 4) is 0 Å². The molecule has 10 heteroatoms. The van der Waals surface area contributed by atoms with Gasteiger partial charge in [0.05, 0.1) is 10.6 Å². The zero-order valence-corrected chi connectivity index (χ0v) is 15.5. The smallest absolute Gasteiger partial charge is 0.368 e. The van der Waals surface area contributed by atoms with Gasteiger partial charge in [-0.25, -0.2) is 9.78 Å². The molecule has 0 aliphatic carbocycles. The van der Waals surface area contributed by atoms with Gasteiger partial charge in [0.2, 0.25) is 11.7 Å². The number of hydrogen-bond acceptors (Lipinski definition) is 3. The lowest BCUT2D eigenvalue weighted by molar-refractivity contribution is -0.137. The standard InChI is InChI=1S/C18H16ClF3N4O2/c1-25-13(16(23)27)10-26(17(25)28,14-7-2-3-8-24-14)9-11-5-4-6-12(15(11)19)18(20,21)22/h2-8,13H,9-10H2,1H3,(H-,23,27)/p+1. The fourth-order valence-corrected chi connectivity index (χ4v) is 3.73. The van der Waals surface area contributed by atoms with Gasteiger partial charge in [-0.3, -0.25) is 9.69 Å². The first-order valence-corrected chi connectivity index (χ1v) is 8.65. The second-order valence-corrected chi connectivity index (χ2v) is 6.96. The Morgan fingerprint density at radius 1 is 1.32 bits per heavy atom. The SMILES string of the molecule is CN1C(=O)[N+](Cc2cccc(C(F)(F)F)c2Cl)(c2ccccn2)CC1C(N)=O. The van der Waals surface area contributed by atoms with E-state index in [1.807, 2.05) is 0 Å². The average Bonchev–Trinajstić information content (AvgIpc) is 2.89. The van der Waals surface area contributed by atoms with E-state index in [0.29, 0.717) is 0 Å². The lowest BCUT2D eigenvalue weighted by Crippen LogP contribution is -2.52. The van der Waals surface area contributed by atoms with E-state index in [1.165, 1.54) is 30.3 Å². The molecule has 0 bridgehead atoms. The normalized spacial score (nSPS) is 22.5. The molecule has 1 aromatic carbocycles. The zero-order valence-electron chi connectivity index (χ0n) is 14.8. The van der Waals surface area contributed by atoms with Gasteiger partial charge >= 0.3 is 12.2 Å². The summed E-state index contributed by atoms with van der Waals surface area (Å²) in [7, 11) is 1.43. The molecule has 2 heterocycles. The van der Waals surface area contributed by atoms with Crippen molar-refractivity contribution in [1.82, 2.24) is 14.4 Å². The molecule has 3 rings (SSSR count). The van der Waals surface area contributed by atoms with Crippen LogP contribution in [0.1, 0.15) is 11.1 Å². The second-order valence-electron chi connectivity index (χ2n) is 6.58. The first kappa shape index (κ1) is 20.1. The van der Waals surface area contributed by atoms with E-state index >= 15 is 0 Å². The summed E-state index contributed by atoms with van der Waals surface area (Å²) in [4.78, 5) is 30.3. The maximum absolute atomic E-state index is 13.2. The van der Waals surface area contributed by atoms with Crippen LogP contribution in [0.2, 0.25) is 5.02 Å². The number of carbonyl (C=O) groups excluding carboxylic acids is 2. The zero-order chi connectivity index (χ0) is 20.7. The number of likely N-dealkylation sites (N-methyl/N-ethyl adjacent to an activating group) is 1. The molecule has 2 N–H and O–H groups in total. The van der Waals surface area contributed by atoms with Crippen molar-refractivity contribution in [1.29, 1.82) is 0 Å². The molecular formula is C18H17ClF3N4O2+. The van der Waals surface area contributed by atoms with Gasteiger partial charge in [0, 0.05) is 24.9 Å². The van der Waals surface area contributed by atoms with Crippen LogP contribution in [-0.2, 0) is 17.5 Å². The van der Waals surface area contributed by atoms with Gasteiger partial charge in [0.1, 0.15) is 13.1 Å². The highest BCUT2D eigenvalue weighted by Gasteiger charge is 2.55. The van der Waals surface area contributed by atoms with Crippen LogP contribution in [0.3, 0.4) is 0 Å². The van der Waals surface area contributed by atoms with Gasteiger partial charge in [-0.1, -0.05) is 29.8 Å². The van der Waals surface area contributed by atoms with Crippen LogP contribution >= 0.6 is 11.6 Å². The summed E-state index contributed by atoms with van der Waals surface area (Å²) in [5.74, 6) is -0.418. The average molecular weight is 414 g/mol. The Labute approximate surface area is 163 Å². The van der Waals surface area contributed by atoms with E-state index in [4.69, 9.17) is 17.3 Å². The molecule has 1 aromatic heterocycles. The lowest BCUT2D eigenvalue weighted by atomic mass is 10.1. The van der Waals surface area contributed by atoms with Gasteiger partial charge in [0.15, 0.2) is 6.04 Å². The van der Waals surface area contributed by atoms with E-state index in [2.05, 4.69) is 4.98 Å². The summed E-state index contributed by atoms with van der Waals surface area (Å²) in [5, 5.41) is -0.485. The van der Waals surface area contributed by atoms with Gasteiger partial charge < -0.3 is 5.73 Å². The van der Waals surface area contributed by atoms with E-state index in [-0.39, 0.29) is 24.5 Å². The van der Waals surface area contributed by atoms with Gasteiger partial charge in [-0.05, 0) is 12.1 Å². The predicted octanol–water partition coefficient (Wildman–Crippen LogP) is 3.18. The van der Waals surface area contributed by atoms with Crippen LogP contribution in [0.15, 0.2) is 42.6 Å². The Kier molecular flexibility index (Phi) is 5.07. The summed E-state index contributed by atoms with van der Waals surface area (Å²) in [5.41, 5.74) is 4.55. The number of primary amides is 1. The number of carbonyl (C=O) groups is 2. The van der Waals surface area contributed by atoms with Crippen molar-refractivity contribution in [3.63, 3.8) is 0 Å². The van der Waals surface area contributed by atoms with E-state index in [9.17, 15) is 22.8 Å². The molecule has 1 saturated heterocycles. The molecule has 1 aliphatic heterocycles. The molecule has 28 heavy (non-hydrogen) atoms. The number of rotatable bonds is 4. The Balaban J connectivity index is 2.14. The van der Waals surface area contributed by atoms with Crippen molar-refractivity contribution in [3.05, 3.63) is 58.7 Å². The van der Waals surface area contributed by atoms with Gasteiger partial charge in [-0.15, -0.1) is 0 Å². The van der Waals surface area contributed by atoms with Gasteiger partial charge in [0.25, 0.3) is 0 Å². The van der Waals surface area contributed by atoms with Gasteiger partial charge in [-0.2, -0.15) is 17.7 Å². The monoisotopic (exact) mass is 413 g/mol. The first-order chi connectivity index (χ1) is 13.1.